The molecule has 0 spiro atoms. The van der Waals surface area contributed by atoms with E-state index in [0.29, 0.717) is 27.1 Å². The smallest absolute Gasteiger partial charge is 0.271 e. The average Bonchev–Trinajstić information content (AvgIpc) is 2.57. The number of hydrazone groups is 1. The second-order valence-electron chi connectivity index (χ2n) is 4.48. The van der Waals surface area contributed by atoms with Crippen molar-refractivity contribution in [3.63, 3.8) is 0 Å². The fraction of sp³-hybridized carbons (Fsp3) is 0.125. The van der Waals surface area contributed by atoms with Crippen molar-refractivity contribution in [1.82, 2.24) is 5.43 Å². The number of carbonyl (C=O) groups excluding carboxylic acids is 1. The number of methoxy groups -OCH3 is 2. The number of phenols is 1. The van der Waals surface area contributed by atoms with Gasteiger partial charge < -0.3 is 14.6 Å². The quantitative estimate of drug-likeness (QED) is 0.619. The molecular weight excluding hydrogens is 364 g/mol. The van der Waals surface area contributed by atoms with Gasteiger partial charge in [0, 0.05) is 5.56 Å². The van der Waals surface area contributed by atoms with Crippen molar-refractivity contribution in [2.75, 3.05) is 14.2 Å². The average molecular weight is 379 g/mol. The molecule has 0 fully saturated rings. The van der Waals surface area contributed by atoms with Crippen LogP contribution in [0.15, 0.2) is 46.0 Å². The third kappa shape index (κ3) is 4.23. The van der Waals surface area contributed by atoms with Gasteiger partial charge in [-0.1, -0.05) is 0 Å². The number of nitrogens with one attached hydrogen (secondary N) is 1. The fourth-order valence-electron chi connectivity index (χ4n) is 1.80. The van der Waals surface area contributed by atoms with Crippen molar-refractivity contribution in [1.29, 1.82) is 0 Å². The summed E-state index contributed by atoms with van der Waals surface area (Å²) in [6.45, 7) is 0. The van der Waals surface area contributed by atoms with Crippen molar-refractivity contribution < 1.29 is 19.4 Å². The SMILES string of the molecule is COc1ccc(C(=O)N/N=C\c2cc(Br)c(O)c(OC)c2)cc1. The number of aromatic hydroxyl groups is 1. The fourth-order valence-corrected chi connectivity index (χ4v) is 2.26. The number of carbonyl (C=O) groups is 1. The van der Waals surface area contributed by atoms with Crippen molar-refractivity contribution in [3.8, 4) is 17.2 Å². The molecular formula is C16H15BrN2O4. The lowest BCUT2D eigenvalue weighted by atomic mass is 10.2. The molecule has 6 nitrogen and oxygen atoms in total. The Morgan fingerprint density at radius 2 is 1.91 bits per heavy atom. The van der Waals surface area contributed by atoms with E-state index >= 15 is 0 Å². The molecule has 23 heavy (non-hydrogen) atoms. The molecule has 0 bridgehead atoms. The zero-order valence-corrected chi connectivity index (χ0v) is 14.1. The molecule has 2 N–H and O–H groups in total. The van der Waals surface area contributed by atoms with Crippen LogP contribution in [0.1, 0.15) is 15.9 Å². The predicted octanol–water partition coefficient (Wildman–Crippen LogP) is 2.94. The maximum Gasteiger partial charge on any atom is 0.271 e. The maximum atomic E-state index is 11.9. The van der Waals surface area contributed by atoms with Crippen LogP contribution in [0.3, 0.4) is 0 Å². The van der Waals surface area contributed by atoms with Gasteiger partial charge in [-0.05, 0) is 57.9 Å². The largest absolute Gasteiger partial charge is 0.503 e. The zero-order valence-electron chi connectivity index (χ0n) is 12.5. The summed E-state index contributed by atoms with van der Waals surface area (Å²) >= 11 is 3.22. The molecule has 0 saturated carbocycles. The monoisotopic (exact) mass is 378 g/mol. The molecule has 2 aromatic carbocycles. The van der Waals surface area contributed by atoms with Crippen LogP contribution in [0, 0.1) is 0 Å². The van der Waals surface area contributed by atoms with Crippen LogP contribution in [0.5, 0.6) is 17.2 Å². The highest BCUT2D eigenvalue weighted by atomic mass is 79.9. The lowest BCUT2D eigenvalue weighted by molar-refractivity contribution is 0.0955. The summed E-state index contributed by atoms with van der Waals surface area (Å²) in [7, 11) is 3.01. The minimum absolute atomic E-state index is 0.00641. The Morgan fingerprint density at radius 3 is 2.52 bits per heavy atom. The Morgan fingerprint density at radius 1 is 1.22 bits per heavy atom. The molecule has 0 aliphatic heterocycles. The van der Waals surface area contributed by atoms with Crippen LogP contribution in [0.4, 0.5) is 0 Å². The molecule has 0 aliphatic carbocycles. The summed E-state index contributed by atoms with van der Waals surface area (Å²) in [5, 5.41) is 13.6. The van der Waals surface area contributed by atoms with E-state index in [0.717, 1.165) is 0 Å². The number of phenolic OH excluding ortho intramolecular Hbond substituents is 1. The van der Waals surface area contributed by atoms with E-state index in [-0.39, 0.29) is 11.7 Å². The minimum Gasteiger partial charge on any atom is -0.503 e. The van der Waals surface area contributed by atoms with E-state index in [4.69, 9.17) is 9.47 Å². The first-order valence-corrected chi connectivity index (χ1v) is 7.38. The van der Waals surface area contributed by atoms with E-state index in [1.807, 2.05) is 0 Å². The first-order valence-electron chi connectivity index (χ1n) is 6.59. The summed E-state index contributed by atoms with van der Waals surface area (Å²) in [6, 6.07) is 9.93. The van der Waals surface area contributed by atoms with E-state index in [1.54, 1.807) is 43.5 Å². The molecule has 0 saturated heterocycles. The summed E-state index contributed by atoms with van der Waals surface area (Å²) in [5.41, 5.74) is 3.55. The van der Waals surface area contributed by atoms with Crippen LogP contribution in [0.2, 0.25) is 0 Å². The number of rotatable bonds is 5. The maximum absolute atomic E-state index is 11.9. The Bertz CT molecular complexity index is 730. The Labute approximate surface area is 141 Å². The number of hydrogen-bond donors (Lipinski definition) is 2. The second kappa shape index (κ2) is 7.64. The Balaban J connectivity index is 2.06. The molecule has 0 heterocycles. The first-order chi connectivity index (χ1) is 11.0. The van der Waals surface area contributed by atoms with E-state index in [1.165, 1.54) is 13.3 Å². The van der Waals surface area contributed by atoms with Gasteiger partial charge in [-0.2, -0.15) is 5.10 Å². The molecule has 0 aliphatic rings. The molecule has 1 amide bonds. The van der Waals surface area contributed by atoms with E-state index in [9.17, 15) is 9.90 Å². The normalized spacial score (nSPS) is 10.6. The van der Waals surface area contributed by atoms with Crippen LogP contribution < -0.4 is 14.9 Å². The number of nitrogens with zero attached hydrogens (tertiary/aromatic N) is 1. The van der Waals surface area contributed by atoms with Gasteiger partial charge in [-0.3, -0.25) is 4.79 Å². The lowest BCUT2D eigenvalue weighted by Gasteiger charge is -2.06. The molecule has 2 rings (SSSR count). The van der Waals surface area contributed by atoms with E-state index in [2.05, 4.69) is 26.5 Å². The summed E-state index contributed by atoms with van der Waals surface area (Å²) in [6.07, 6.45) is 1.45. The first kappa shape index (κ1) is 16.8. The Kier molecular flexibility index (Phi) is 5.59. The highest BCUT2D eigenvalue weighted by molar-refractivity contribution is 9.10. The van der Waals surface area contributed by atoms with Gasteiger partial charge in [-0.25, -0.2) is 5.43 Å². The van der Waals surface area contributed by atoms with Gasteiger partial charge in [0.25, 0.3) is 5.91 Å². The molecule has 0 radical (unpaired) electrons. The summed E-state index contributed by atoms with van der Waals surface area (Å²) in [4.78, 5) is 11.9. The molecule has 120 valence electrons. The van der Waals surface area contributed by atoms with Crippen LogP contribution in [-0.4, -0.2) is 31.4 Å². The number of benzene rings is 2. The topological polar surface area (TPSA) is 80.2 Å². The van der Waals surface area contributed by atoms with Gasteiger partial charge >= 0.3 is 0 Å². The van der Waals surface area contributed by atoms with Crippen LogP contribution in [-0.2, 0) is 0 Å². The van der Waals surface area contributed by atoms with Crippen LogP contribution in [0.25, 0.3) is 0 Å². The van der Waals surface area contributed by atoms with Gasteiger partial charge in [0.05, 0.1) is 24.9 Å². The third-order valence-electron chi connectivity index (χ3n) is 3.00. The van der Waals surface area contributed by atoms with Crippen molar-refractivity contribution in [2.45, 2.75) is 0 Å². The number of amides is 1. The van der Waals surface area contributed by atoms with Gasteiger partial charge in [-0.15, -0.1) is 0 Å². The molecule has 7 heteroatoms. The molecule has 0 atom stereocenters. The second-order valence-corrected chi connectivity index (χ2v) is 5.34. The van der Waals surface area contributed by atoms with Gasteiger partial charge in [0.15, 0.2) is 11.5 Å². The lowest BCUT2D eigenvalue weighted by Crippen LogP contribution is -2.17. The third-order valence-corrected chi connectivity index (χ3v) is 3.61. The van der Waals surface area contributed by atoms with Crippen molar-refractivity contribution in [3.05, 3.63) is 52.0 Å². The highest BCUT2D eigenvalue weighted by Crippen LogP contribution is 2.34. The number of halogens is 1. The molecule has 0 unspecified atom stereocenters. The Hall–Kier alpha value is -2.54. The van der Waals surface area contributed by atoms with Crippen molar-refractivity contribution >= 4 is 28.1 Å². The highest BCUT2D eigenvalue weighted by Gasteiger charge is 2.08. The zero-order chi connectivity index (χ0) is 16.8. The number of hydrogen-bond acceptors (Lipinski definition) is 5. The van der Waals surface area contributed by atoms with Crippen molar-refractivity contribution in [2.24, 2.45) is 5.10 Å². The standard InChI is InChI=1S/C16H15BrN2O4/c1-22-12-5-3-11(4-6-12)16(21)19-18-9-10-7-13(17)15(20)14(8-10)23-2/h3-9,20H,1-2H3,(H,19,21)/b18-9-. The molecule has 2 aromatic rings. The van der Waals surface area contributed by atoms with E-state index < -0.39 is 0 Å². The molecule has 0 aromatic heterocycles. The van der Waals surface area contributed by atoms with Gasteiger partial charge in [0.2, 0.25) is 0 Å². The summed E-state index contributed by atoms with van der Waals surface area (Å²) in [5.74, 6) is 0.647. The van der Waals surface area contributed by atoms with Gasteiger partial charge in [0.1, 0.15) is 5.75 Å². The van der Waals surface area contributed by atoms with Crippen LogP contribution >= 0.6 is 15.9 Å². The number of ether oxygens (including phenoxy) is 2. The minimum atomic E-state index is -0.339. The summed E-state index contributed by atoms with van der Waals surface area (Å²) < 4.78 is 10.5. The predicted molar refractivity (Wildman–Crippen MR) is 90.4 cm³/mol.